The lowest BCUT2D eigenvalue weighted by Gasteiger charge is -2.23. The number of nitrogens with one attached hydrogen (secondary N) is 3. The van der Waals surface area contributed by atoms with E-state index in [-0.39, 0.29) is 30.0 Å². The van der Waals surface area contributed by atoms with Gasteiger partial charge in [0.25, 0.3) is 0 Å². The third-order valence-electron chi connectivity index (χ3n) is 5.04. The molecule has 1 amide bonds. The maximum Gasteiger partial charge on any atom is 0.221 e. The second kappa shape index (κ2) is 8.34. The van der Waals surface area contributed by atoms with E-state index in [0.717, 1.165) is 11.3 Å². The molecule has 4 atom stereocenters. The molecule has 26 heavy (non-hydrogen) atoms. The Balaban J connectivity index is 1.64. The SMILES string of the molecule is COc1ccc(C2C(C)NNC2NC(=O)CC(C)c2ccccc2)cc1. The fraction of sp³-hybridized carbons (Fsp3) is 0.381. The molecule has 0 radical (unpaired) electrons. The second-order valence-corrected chi connectivity index (χ2v) is 6.94. The lowest BCUT2D eigenvalue weighted by atomic mass is 9.91. The van der Waals surface area contributed by atoms with Crippen LogP contribution >= 0.6 is 0 Å². The molecule has 1 aliphatic rings. The molecule has 1 aliphatic heterocycles. The summed E-state index contributed by atoms with van der Waals surface area (Å²) in [6.45, 7) is 4.19. The molecule has 0 spiro atoms. The van der Waals surface area contributed by atoms with Crippen LogP contribution in [0.15, 0.2) is 54.6 Å². The molecule has 0 aromatic heterocycles. The highest BCUT2D eigenvalue weighted by molar-refractivity contribution is 5.77. The van der Waals surface area contributed by atoms with Crippen LogP contribution in [0.4, 0.5) is 0 Å². The first-order chi connectivity index (χ1) is 12.6. The van der Waals surface area contributed by atoms with Gasteiger partial charge in [-0.3, -0.25) is 10.2 Å². The summed E-state index contributed by atoms with van der Waals surface area (Å²) < 4.78 is 5.23. The molecule has 5 heteroatoms. The molecule has 1 heterocycles. The Morgan fingerprint density at radius 2 is 1.81 bits per heavy atom. The zero-order valence-electron chi connectivity index (χ0n) is 15.5. The van der Waals surface area contributed by atoms with Gasteiger partial charge in [-0.15, -0.1) is 0 Å². The van der Waals surface area contributed by atoms with Crippen LogP contribution < -0.4 is 20.9 Å². The van der Waals surface area contributed by atoms with Crippen molar-refractivity contribution >= 4 is 5.91 Å². The number of rotatable bonds is 6. The molecule has 3 N–H and O–H groups in total. The normalized spacial score (nSPS) is 23.4. The average Bonchev–Trinajstić information content (AvgIpc) is 3.02. The first-order valence-electron chi connectivity index (χ1n) is 9.08. The van der Waals surface area contributed by atoms with Crippen molar-refractivity contribution in [3.63, 3.8) is 0 Å². The Hall–Kier alpha value is -2.37. The minimum Gasteiger partial charge on any atom is -0.497 e. The third-order valence-corrected chi connectivity index (χ3v) is 5.04. The Morgan fingerprint density at radius 3 is 2.46 bits per heavy atom. The van der Waals surface area contributed by atoms with Crippen LogP contribution in [0.3, 0.4) is 0 Å². The highest BCUT2D eigenvalue weighted by Gasteiger charge is 2.35. The van der Waals surface area contributed by atoms with Crippen molar-refractivity contribution in [3.05, 3.63) is 65.7 Å². The Morgan fingerprint density at radius 1 is 1.12 bits per heavy atom. The molecular formula is C21H27N3O2. The van der Waals surface area contributed by atoms with Crippen LogP contribution in [-0.4, -0.2) is 25.2 Å². The fourth-order valence-corrected chi connectivity index (χ4v) is 3.53. The Labute approximate surface area is 155 Å². The van der Waals surface area contributed by atoms with Gasteiger partial charge in [-0.25, -0.2) is 5.43 Å². The molecule has 1 fully saturated rings. The average molecular weight is 353 g/mol. The number of carbonyl (C=O) groups excluding carboxylic acids is 1. The van der Waals surface area contributed by atoms with E-state index >= 15 is 0 Å². The first-order valence-corrected chi connectivity index (χ1v) is 9.08. The maximum atomic E-state index is 12.6. The van der Waals surface area contributed by atoms with E-state index in [1.54, 1.807) is 7.11 Å². The number of hydrazine groups is 1. The lowest BCUT2D eigenvalue weighted by molar-refractivity contribution is -0.122. The molecule has 5 nitrogen and oxygen atoms in total. The smallest absolute Gasteiger partial charge is 0.221 e. The van der Waals surface area contributed by atoms with Crippen molar-refractivity contribution in [3.8, 4) is 5.75 Å². The monoisotopic (exact) mass is 353 g/mol. The lowest BCUT2D eigenvalue weighted by Crippen LogP contribution is -2.46. The van der Waals surface area contributed by atoms with Crippen molar-refractivity contribution in [2.24, 2.45) is 0 Å². The second-order valence-electron chi connectivity index (χ2n) is 6.94. The number of benzene rings is 2. The molecule has 2 aromatic rings. The highest BCUT2D eigenvalue weighted by atomic mass is 16.5. The van der Waals surface area contributed by atoms with Crippen LogP contribution in [0.1, 0.15) is 43.2 Å². The van der Waals surface area contributed by atoms with E-state index in [9.17, 15) is 4.79 Å². The standard InChI is InChI=1S/C21H27N3O2/c1-14(16-7-5-4-6-8-16)13-19(25)22-21-20(15(2)23-24-21)17-9-11-18(26-3)12-10-17/h4-12,14-15,20-21,23-24H,13H2,1-3H3,(H,22,25). The van der Waals surface area contributed by atoms with Crippen molar-refractivity contribution in [2.45, 2.75) is 44.3 Å². The summed E-state index contributed by atoms with van der Waals surface area (Å²) in [5.41, 5.74) is 8.80. The summed E-state index contributed by atoms with van der Waals surface area (Å²) in [5.74, 6) is 1.21. The number of hydrogen-bond donors (Lipinski definition) is 3. The number of ether oxygens (including phenoxy) is 1. The molecule has 3 rings (SSSR count). The summed E-state index contributed by atoms with van der Waals surface area (Å²) >= 11 is 0. The van der Waals surface area contributed by atoms with Gasteiger partial charge in [0.05, 0.1) is 7.11 Å². The van der Waals surface area contributed by atoms with Gasteiger partial charge in [0, 0.05) is 18.4 Å². The van der Waals surface area contributed by atoms with E-state index < -0.39 is 0 Å². The van der Waals surface area contributed by atoms with Crippen LogP contribution in [0, 0.1) is 0 Å². The van der Waals surface area contributed by atoms with Crippen molar-refractivity contribution in [1.82, 2.24) is 16.2 Å². The number of carbonyl (C=O) groups is 1. The Bertz CT molecular complexity index is 718. The van der Waals surface area contributed by atoms with Gasteiger partial charge in [-0.05, 0) is 36.1 Å². The number of methoxy groups -OCH3 is 1. The van der Waals surface area contributed by atoms with E-state index in [0.29, 0.717) is 6.42 Å². The van der Waals surface area contributed by atoms with Crippen molar-refractivity contribution in [2.75, 3.05) is 7.11 Å². The van der Waals surface area contributed by atoms with Crippen LogP contribution in [0.5, 0.6) is 5.75 Å². The van der Waals surface area contributed by atoms with E-state index in [1.807, 2.05) is 30.3 Å². The molecule has 138 valence electrons. The first kappa shape index (κ1) is 18.4. The number of hydrogen-bond acceptors (Lipinski definition) is 4. The fourth-order valence-electron chi connectivity index (χ4n) is 3.53. The summed E-state index contributed by atoms with van der Waals surface area (Å²) in [6, 6.07) is 18.4. The molecular weight excluding hydrogens is 326 g/mol. The molecule has 0 saturated carbocycles. The number of amides is 1. The van der Waals surface area contributed by atoms with Crippen LogP contribution in [-0.2, 0) is 4.79 Å². The highest BCUT2D eigenvalue weighted by Crippen LogP contribution is 2.28. The summed E-state index contributed by atoms with van der Waals surface area (Å²) in [5, 5.41) is 3.14. The van der Waals surface area contributed by atoms with Gasteiger partial charge < -0.3 is 10.1 Å². The van der Waals surface area contributed by atoms with Gasteiger partial charge >= 0.3 is 0 Å². The van der Waals surface area contributed by atoms with Crippen molar-refractivity contribution < 1.29 is 9.53 Å². The predicted octanol–water partition coefficient (Wildman–Crippen LogP) is 2.91. The van der Waals surface area contributed by atoms with Crippen LogP contribution in [0.25, 0.3) is 0 Å². The summed E-state index contributed by atoms with van der Waals surface area (Å²) in [4.78, 5) is 12.6. The van der Waals surface area contributed by atoms with Gasteiger partial charge in [-0.1, -0.05) is 49.4 Å². The van der Waals surface area contributed by atoms with Gasteiger partial charge in [0.1, 0.15) is 11.9 Å². The summed E-state index contributed by atoms with van der Waals surface area (Å²) in [6.07, 6.45) is 0.320. The maximum absolute atomic E-state index is 12.6. The minimum absolute atomic E-state index is 0.0493. The zero-order chi connectivity index (χ0) is 18.5. The van der Waals surface area contributed by atoms with E-state index in [4.69, 9.17) is 4.74 Å². The van der Waals surface area contributed by atoms with E-state index in [1.165, 1.54) is 5.56 Å². The largest absolute Gasteiger partial charge is 0.497 e. The van der Waals surface area contributed by atoms with Gasteiger partial charge in [-0.2, -0.15) is 0 Å². The van der Waals surface area contributed by atoms with Crippen LogP contribution in [0.2, 0.25) is 0 Å². The molecule has 0 aliphatic carbocycles. The molecule has 1 saturated heterocycles. The Kier molecular flexibility index (Phi) is 5.91. The van der Waals surface area contributed by atoms with Crippen molar-refractivity contribution in [1.29, 1.82) is 0 Å². The summed E-state index contributed by atoms with van der Waals surface area (Å²) in [7, 11) is 1.66. The molecule has 2 aromatic carbocycles. The minimum atomic E-state index is -0.145. The third kappa shape index (κ3) is 4.23. The van der Waals surface area contributed by atoms with E-state index in [2.05, 4.69) is 54.3 Å². The predicted molar refractivity (Wildman–Crippen MR) is 103 cm³/mol. The zero-order valence-corrected chi connectivity index (χ0v) is 15.5. The van der Waals surface area contributed by atoms with Gasteiger partial charge in [0.15, 0.2) is 0 Å². The quantitative estimate of drug-likeness (QED) is 0.747. The molecule has 0 bridgehead atoms. The molecule has 4 unspecified atom stereocenters. The topological polar surface area (TPSA) is 62.4 Å². The van der Waals surface area contributed by atoms with Gasteiger partial charge in [0.2, 0.25) is 5.91 Å².